The molecule has 4 aromatic rings. The molecule has 0 spiro atoms. The number of rotatable bonds is 3. The summed E-state index contributed by atoms with van der Waals surface area (Å²) in [6, 6.07) is 17.3. The first-order valence-corrected chi connectivity index (χ1v) is 9.62. The van der Waals surface area contributed by atoms with Gasteiger partial charge in [0, 0.05) is 23.1 Å². The number of aromatic nitrogens is 3. The van der Waals surface area contributed by atoms with Gasteiger partial charge in [0.2, 0.25) is 5.88 Å². The third-order valence-corrected chi connectivity index (χ3v) is 5.74. The van der Waals surface area contributed by atoms with Gasteiger partial charge in [0.1, 0.15) is 5.56 Å². The van der Waals surface area contributed by atoms with Gasteiger partial charge in [-0.05, 0) is 36.7 Å². The largest absolute Gasteiger partial charge is 0.493 e. The maximum Gasteiger partial charge on any atom is 0.273 e. The molecule has 5 rings (SSSR count). The van der Waals surface area contributed by atoms with Gasteiger partial charge in [-0.25, -0.2) is 4.68 Å². The molecule has 28 heavy (non-hydrogen) atoms. The van der Waals surface area contributed by atoms with Crippen molar-refractivity contribution in [3.8, 4) is 11.6 Å². The molecule has 1 aliphatic rings. The van der Waals surface area contributed by atoms with E-state index in [2.05, 4.69) is 34.0 Å². The highest BCUT2D eigenvalue weighted by Crippen LogP contribution is 2.40. The molecule has 2 aromatic heterocycles. The van der Waals surface area contributed by atoms with E-state index in [-0.39, 0.29) is 17.5 Å². The van der Waals surface area contributed by atoms with E-state index in [1.807, 2.05) is 42.5 Å². The van der Waals surface area contributed by atoms with Crippen LogP contribution >= 0.6 is 0 Å². The molecule has 0 bridgehead atoms. The summed E-state index contributed by atoms with van der Waals surface area (Å²) in [5.74, 6) is -0.0360. The summed E-state index contributed by atoms with van der Waals surface area (Å²) in [5.41, 5.74) is 4.14. The second-order valence-electron chi connectivity index (χ2n) is 7.19. The molecular formula is C22H22N4O2. The highest BCUT2D eigenvalue weighted by molar-refractivity contribution is 5.85. The minimum Gasteiger partial charge on any atom is -0.493 e. The monoisotopic (exact) mass is 374 g/mol. The molecular weight excluding hydrogens is 352 g/mol. The Labute approximate surface area is 162 Å². The van der Waals surface area contributed by atoms with Crippen molar-refractivity contribution in [3.05, 3.63) is 81.8 Å². The molecule has 6 heteroatoms. The van der Waals surface area contributed by atoms with Crippen molar-refractivity contribution in [3.63, 3.8) is 0 Å². The summed E-state index contributed by atoms with van der Waals surface area (Å²) in [5, 5.41) is 15.0. The maximum atomic E-state index is 12.9. The molecule has 0 aliphatic carbocycles. The van der Waals surface area contributed by atoms with Crippen LogP contribution in [0.1, 0.15) is 29.8 Å². The number of hydrogen-bond donors (Lipinski definition) is 3. The van der Waals surface area contributed by atoms with Gasteiger partial charge in [-0.15, -0.1) is 0 Å². The summed E-state index contributed by atoms with van der Waals surface area (Å²) < 4.78 is 1.46. The molecule has 6 nitrogen and oxygen atoms in total. The Bertz CT molecular complexity index is 1200. The predicted octanol–water partition coefficient (Wildman–Crippen LogP) is 3.32. The maximum absolute atomic E-state index is 12.9. The molecule has 1 atom stereocenters. The second-order valence-corrected chi connectivity index (χ2v) is 7.19. The minimum atomic E-state index is -0.310. The average molecular weight is 374 g/mol. The molecule has 142 valence electrons. The zero-order valence-corrected chi connectivity index (χ0v) is 15.6. The van der Waals surface area contributed by atoms with E-state index in [9.17, 15) is 9.90 Å². The van der Waals surface area contributed by atoms with Crippen LogP contribution in [0.15, 0.2) is 59.4 Å². The lowest BCUT2D eigenvalue weighted by atomic mass is 9.93. The van der Waals surface area contributed by atoms with E-state index in [1.165, 1.54) is 15.6 Å². The Hall–Kier alpha value is -3.25. The molecule has 0 saturated heterocycles. The van der Waals surface area contributed by atoms with E-state index in [1.54, 1.807) is 0 Å². The third kappa shape index (κ3) is 2.42. The van der Waals surface area contributed by atoms with Crippen molar-refractivity contribution in [1.82, 2.24) is 19.7 Å². The van der Waals surface area contributed by atoms with Gasteiger partial charge in [0.15, 0.2) is 0 Å². The van der Waals surface area contributed by atoms with Crippen LogP contribution in [0.3, 0.4) is 0 Å². The van der Waals surface area contributed by atoms with E-state index < -0.39 is 0 Å². The summed E-state index contributed by atoms with van der Waals surface area (Å²) in [6.45, 7) is 3.71. The van der Waals surface area contributed by atoms with E-state index >= 15 is 0 Å². The molecule has 3 heterocycles. The highest BCUT2D eigenvalue weighted by Gasteiger charge is 2.36. The van der Waals surface area contributed by atoms with Crippen LogP contribution in [0.2, 0.25) is 0 Å². The number of aromatic amines is 2. The number of para-hydroxylation sites is 2. The van der Waals surface area contributed by atoms with Crippen LogP contribution in [0, 0.1) is 0 Å². The lowest BCUT2D eigenvalue weighted by Crippen LogP contribution is -2.37. The number of aromatic hydroxyl groups is 1. The lowest BCUT2D eigenvalue weighted by molar-refractivity contribution is 0.217. The summed E-state index contributed by atoms with van der Waals surface area (Å²) in [7, 11) is 0. The van der Waals surface area contributed by atoms with Crippen molar-refractivity contribution < 1.29 is 5.11 Å². The SMILES string of the molecule is CCN1CCc2c([nH]c3ccccc23)C1c1c(O)n(-c2ccccc2)[nH]c1=O. The van der Waals surface area contributed by atoms with Crippen molar-refractivity contribution >= 4 is 10.9 Å². The highest BCUT2D eigenvalue weighted by atomic mass is 16.3. The zero-order chi connectivity index (χ0) is 19.3. The van der Waals surface area contributed by atoms with Gasteiger partial charge in [0.25, 0.3) is 5.56 Å². The van der Waals surface area contributed by atoms with Crippen LogP contribution in [0.25, 0.3) is 16.6 Å². The summed E-state index contributed by atoms with van der Waals surface area (Å²) in [4.78, 5) is 18.7. The molecule has 0 radical (unpaired) electrons. The van der Waals surface area contributed by atoms with Crippen LogP contribution < -0.4 is 5.56 Å². The van der Waals surface area contributed by atoms with Gasteiger partial charge in [-0.1, -0.05) is 43.3 Å². The van der Waals surface area contributed by atoms with Gasteiger partial charge < -0.3 is 10.1 Å². The smallest absolute Gasteiger partial charge is 0.273 e. The van der Waals surface area contributed by atoms with Crippen LogP contribution in [0.5, 0.6) is 5.88 Å². The fourth-order valence-electron chi connectivity index (χ4n) is 4.41. The third-order valence-electron chi connectivity index (χ3n) is 5.74. The molecule has 0 amide bonds. The number of fused-ring (bicyclic) bond motifs is 3. The molecule has 1 unspecified atom stereocenters. The fraction of sp³-hybridized carbons (Fsp3) is 0.227. The molecule has 1 aliphatic heterocycles. The first kappa shape index (κ1) is 16.9. The quantitative estimate of drug-likeness (QED) is 0.515. The van der Waals surface area contributed by atoms with Crippen molar-refractivity contribution in [1.29, 1.82) is 0 Å². The first-order valence-electron chi connectivity index (χ1n) is 9.62. The normalized spacial score (nSPS) is 17.1. The molecule has 0 saturated carbocycles. The summed E-state index contributed by atoms with van der Waals surface area (Å²) >= 11 is 0. The van der Waals surface area contributed by atoms with Gasteiger partial charge in [-0.2, -0.15) is 0 Å². The summed E-state index contributed by atoms with van der Waals surface area (Å²) in [6.07, 6.45) is 0.918. The standard InChI is InChI=1S/C22H22N4O2/c1-2-25-13-12-16-15-10-6-7-11-17(15)23-19(16)20(25)18-21(27)24-26(22(18)28)14-8-4-3-5-9-14/h3-11,20,23,28H,2,12-13H2,1H3,(H,24,27). The Balaban J connectivity index is 1.73. The van der Waals surface area contributed by atoms with Gasteiger partial charge in [0.05, 0.1) is 11.7 Å². The Morgan fingerprint density at radius 2 is 1.86 bits per heavy atom. The number of likely N-dealkylation sites (N-methyl/N-ethyl adjacent to an activating group) is 1. The predicted molar refractivity (Wildman–Crippen MR) is 109 cm³/mol. The number of nitrogens with one attached hydrogen (secondary N) is 2. The zero-order valence-electron chi connectivity index (χ0n) is 15.6. The van der Waals surface area contributed by atoms with Crippen molar-refractivity contribution in [2.24, 2.45) is 0 Å². The second kappa shape index (κ2) is 6.42. The molecule has 2 aromatic carbocycles. The van der Waals surface area contributed by atoms with Crippen molar-refractivity contribution in [2.75, 3.05) is 13.1 Å². The Morgan fingerprint density at radius 1 is 1.11 bits per heavy atom. The first-order chi connectivity index (χ1) is 13.7. The molecule has 3 N–H and O–H groups in total. The molecule has 0 fully saturated rings. The van der Waals surface area contributed by atoms with Crippen LogP contribution in [-0.4, -0.2) is 37.9 Å². The number of H-pyrrole nitrogens is 2. The Morgan fingerprint density at radius 3 is 2.64 bits per heavy atom. The lowest BCUT2D eigenvalue weighted by Gasteiger charge is -2.34. The van der Waals surface area contributed by atoms with Crippen molar-refractivity contribution in [2.45, 2.75) is 19.4 Å². The van der Waals surface area contributed by atoms with E-state index in [0.717, 1.165) is 36.4 Å². The van der Waals surface area contributed by atoms with Gasteiger partial charge in [-0.3, -0.25) is 14.8 Å². The Kier molecular flexibility index (Phi) is 3.87. The number of nitrogens with zero attached hydrogens (tertiary/aromatic N) is 2. The average Bonchev–Trinajstić information content (AvgIpc) is 3.25. The van der Waals surface area contributed by atoms with Gasteiger partial charge >= 0.3 is 0 Å². The van der Waals surface area contributed by atoms with Crippen LogP contribution in [0.4, 0.5) is 0 Å². The number of hydrogen-bond acceptors (Lipinski definition) is 3. The van der Waals surface area contributed by atoms with E-state index in [0.29, 0.717) is 5.56 Å². The topological polar surface area (TPSA) is 77.1 Å². The minimum absolute atomic E-state index is 0.0360. The fourth-order valence-corrected chi connectivity index (χ4v) is 4.41. The van der Waals surface area contributed by atoms with Crippen LogP contribution in [-0.2, 0) is 6.42 Å². The number of benzene rings is 2. The van der Waals surface area contributed by atoms with E-state index in [4.69, 9.17) is 0 Å².